The van der Waals surface area contributed by atoms with Gasteiger partial charge in [-0.3, -0.25) is 4.79 Å². The predicted octanol–water partition coefficient (Wildman–Crippen LogP) is 1.40. The molecule has 1 aromatic rings. The second kappa shape index (κ2) is 7.71. The lowest BCUT2D eigenvalue weighted by molar-refractivity contribution is -0.123. The topological polar surface area (TPSA) is 87.3 Å². The van der Waals surface area contributed by atoms with Crippen molar-refractivity contribution >= 4 is 15.9 Å². The Morgan fingerprint density at radius 3 is 2.72 bits per heavy atom. The summed E-state index contributed by atoms with van der Waals surface area (Å²) in [6.07, 6.45) is -3.27. The molecule has 0 aliphatic carbocycles. The van der Waals surface area contributed by atoms with E-state index in [0.29, 0.717) is 19.4 Å². The Kier molecular flexibility index (Phi) is 6.07. The number of carbonyl (C=O) groups is 1. The van der Waals surface area contributed by atoms with Crippen molar-refractivity contribution in [1.29, 1.82) is 0 Å². The Morgan fingerprint density at radius 2 is 2.08 bits per heavy atom. The van der Waals surface area contributed by atoms with Crippen LogP contribution in [0.25, 0.3) is 0 Å². The molecule has 1 amide bonds. The van der Waals surface area contributed by atoms with Gasteiger partial charge in [0.15, 0.2) is 0 Å². The van der Waals surface area contributed by atoms with Gasteiger partial charge < -0.3 is 10.6 Å². The summed E-state index contributed by atoms with van der Waals surface area (Å²) in [7, 11) is -3.86. The molecule has 0 bridgehead atoms. The van der Waals surface area contributed by atoms with Gasteiger partial charge >= 0.3 is 6.18 Å². The zero-order valence-electron chi connectivity index (χ0n) is 13.6. The smallest absolute Gasteiger partial charge is 0.343 e. The predicted molar refractivity (Wildman–Crippen MR) is 85.6 cm³/mol. The van der Waals surface area contributed by atoms with Crippen molar-refractivity contribution in [3.05, 3.63) is 29.8 Å². The van der Waals surface area contributed by atoms with Crippen LogP contribution in [-0.2, 0) is 10.0 Å². The molecule has 2 atom stereocenters. The first kappa shape index (κ1) is 19.7. The quantitative estimate of drug-likeness (QED) is 0.722. The molecule has 6 nitrogen and oxygen atoms in total. The van der Waals surface area contributed by atoms with E-state index < -0.39 is 28.7 Å². The number of hydrogen-bond donors (Lipinski definition) is 3. The number of nitrogens with one attached hydrogen (secondary N) is 3. The third-order valence-electron chi connectivity index (χ3n) is 3.80. The minimum absolute atomic E-state index is 0.147. The van der Waals surface area contributed by atoms with Gasteiger partial charge in [-0.1, -0.05) is 6.07 Å². The van der Waals surface area contributed by atoms with Gasteiger partial charge in [-0.2, -0.15) is 13.2 Å². The molecule has 10 heteroatoms. The maximum Gasteiger partial charge on any atom is 0.405 e. The number of carbonyl (C=O) groups excluding carboxylic acids is 1. The summed E-state index contributed by atoms with van der Waals surface area (Å²) in [5.74, 6) is -0.982. The second-order valence-corrected chi connectivity index (χ2v) is 7.74. The molecule has 1 aliphatic heterocycles. The molecule has 0 spiro atoms. The Hall–Kier alpha value is -1.65. The van der Waals surface area contributed by atoms with Gasteiger partial charge in [-0.15, -0.1) is 0 Å². The minimum Gasteiger partial charge on any atom is -0.343 e. The largest absolute Gasteiger partial charge is 0.405 e. The molecular formula is C15H20F3N3O3S. The van der Waals surface area contributed by atoms with Crippen LogP contribution in [0.3, 0.4) is 0 Å². The Labute approximate surface area is 144 Å². The summed E-state index contributed by atoms with van der Waals surface area (Å²) in [6, 6.07) is 4.90. The van der Waals surface area contributed by atoms with Gasteiger partial charge in [0.2, 0.25) is 10.0 Å². The lowest BCUT2D eigenvalue weighted by Gasteiger charge is -2.28. The Morgan fingerprint density at radius 1 is 1.36 bits per heavy atom. The maximum absolute atomic E-state index is 12.5. The van der Waals surface area contributed by atoms with Crippen LogP contribution in [0.1, 0.15) is 30.1 Å². The number of rotatable bonds is 5. The SMILES string of the molecule is CC1CC(NS(=O)(=O)c2cccc(C(=O)NCC(F)(F)F)c2)CCN1. The number of hydrogen-bond acceptors (Lipinski definition) is 4. The van der Waals surface area contributed by atoms with E-state index in [1.807, 2.05) is 6.92 Å². The van der Waals surface area contributed by atoms with E-state index in [2.05, 4.69) is 10.0 Å². The van der Waals surface area contributed by atoms with Crippen LogP contribution in [-0.4, -0.2) is 45.7 Å². The van der Waals surface area contributed by atoms with Gasteiger partial charge in [0.05, 0.1) is 4.90 Å². The average molecular weight is 379 g/mol. The van der Waals surface area contributed by atoms with Crippen molar-refractivity contribution in [3.63, 3.8) is 0 Å². The van der Waals surface area contributed by atoms with E-state index in [0.717, 1.165) is 6.07 Å². The van der Waals surface area contributed by atoms with Crippen molar-refractivity contribution in [2.24, 2.45) is 0 Å². The molecule has 1 aromatic carbocycles. The highest BCUT2D eigenvalue weighted by atomic mass is 32.2. The van der Waals surface area contributed by atoms with E-state index in [4.69, 9.17) is 0 Å². The fourth-order valence-corrected chi connectivity index (χ4v) is 3.94. The second-order valence-electron chi connectivity index (χ2n) is 6.02. The van der Waals surface area contributed by atoms with E-state index >= 15 is 0 Å². The van der Waals surface area contributed by atoms with Gasteiger partial charge in [0.25, 0.3) is 5.91 Å². The average Bonchev–Trinajstić information content (AvgIpc) is 2.51. The molecule has 25 heavy (non-hydrogen) atoms. The number of sulfonamides is 1. The third-order valence-corrected chi connectivity index (χ3v) is 5.32. The molecule has 1 saturated heterocycles. The minimum atomic E-state index is -4.54. The lowest BCUT2D eigenvalue weighted by atomic mass is 10.0. The highest BCUT2D eigenvalue weighted by molar-refractivity contribution is 7.89. The summed E-state index contributed by atoms with van der Waals surface area (Å²) >= 11 is 0. The first-order valence-corrected chi connectivity index (χ1v) is 9.26. The maximum atomic E-state index is 12.5. The standard InChI is InChI=1S/C15H20F3N3O3S/c1-10-7-12(5-6-19-10)21-25(23,24)13-4-2-3-11(8-13)14(22)20-9-15(16,17)18/h2-4,8,10,12,19,21H,5-7,9H2,1H3,(H,20,22). The van der Waals surface area contributed by atoms with Crippen molar-refractivity contribution < 1.29 is 26.4 Å². The first-order chi connectivity index (χ1) is 11.6. The van der Waals surface area contributed by atoms with E-state index in [9.17, 15) is 26.4 Å². The van der Waals surface area contributed by atoms with E-state index in [1.165, 1.54) is 18.2 Å². The van der Waals surface area contributed by atoms with E-state index in [-0.39, 0.29) is 22.5 Å². The van der Waals surface area contributed by atoms with Crippen LogP contribution in [0.4, 0.5) is 13.2 Å². The molecule has 140 valence electrons. The number of alkyl halides is 3. The molecule has 1 fully saturated rings. The van der Waals surface area contributed by atoms with E-state index in [1.54, 1.807) is 5.32 Å². The van der Waals surface area contributed by atoms with Crippen LogP contribution in [0, 0.1) is 0 Å². The molecule has 0 radical (unpaired) electrons. The molecule has 0 aromatic heterocycles. The van der Waals surface area contributed by atoms with Crippen molar-refractivity contribution in [2.45, 2.75) is 42.9 Å². The van der Waals surface area contributed by atoms with Gasteiger partial charge in [0.1, 0.15) is 6.54 Å². The molecule has 3 N–H and O–H groups in total. The number of amides is 1. The Balaban J connectivity index is 2.09. The van der Waals surface area contributed by atoms with Crippen LogP contribution in [0.2, 0.25) is 0 Å². The summed E-state index contributed by atoms with van der Waals surface area (Å²) in [4.78, 5) is 11.6. The number of halogens is 3. The summed E-state index contributed by atoms with van der Waals surface area (Å²) in [5.41, 5.74) is -0.147. The molecule has 1 aliphatic rings. The molecule has 2 unspecified atom stereocenters. The monoisotopic (exact) mass is 379 g/mol. The first-order valence-electron chi connectivity index (χ1n) is 7.77. The molecule has 0 saturated carbocycles. The zero-order chi connectivity index (χ0) is 18.7. The van der Waals surface area contributed by atoms with Crippen LogP contribution in [0.5, 0.6) is 0 Å². The van der Waals surface area contributed by atoms with Crippen molar-refractivity contribution in [1.82, 2.24) is 15.4 Å². The van der Waals surface area contributed by atoms with Crippen LogP contribution >= 0.6 is 0 Å². The van der Waals surface area contributed by atoms with Gasteiger partial charge in [-0.25, -0.2) is 13.1 Å². The number of benzene rings is 1. The fraction of sp³-hybridized carbons (Fsp3) is 0.533. The third kappa shape index (κ3) is 5.98. The fourth-order valence-electron chi connectivity index (χ4n) is 2.61. The normalized spacial score (nSPS) is 21.8. The van der Waals surface area contributed by atoms with Crippen molar-refractivity contribution in [3.8, 4) is 0 Å². The lowest BCUT2D eigenvalue weighted by Crippen LogP contribution is -2.46. The Bertz CT molecular complexity index is 722. The zero-order valence-corrected chi connectivity index (χ0v) is 14.4. The van der Waals surface area contributed by atoms with Gasteiger partial charge in [-0.05, 0) is 44.5 Å². The van der Waals surface area contributed by atoms with Crippen LogP contribution < -0.4 is 15.4 Å². The number of piperidine rings is 1. The highest BCUT2D eigenvalue weighted by Crippen LogP contribution is 2.17. The molecule has 2 rings (SSSR count). The summed E-state index contributed by atoms with van der Waals surface area (Å²) in [6.45, 7) is 1.16. The van der Waals surface area contributed by atoms with Gasteiger partial charge in [0, 0.05) is 17.6 Å². The summed E-state index contributed by atoms with van der Waals surface area (Å²) in [5, 5.41) is 4.93. The highest BCUT2D eigenvalue weighted by Gasteiger charge is 2.28. The summed E-state index contributed by atoms with van der Waals surface area (Å²) < 4.78 is 64.0. The molecule has 1 heterocycles. The van der Waals surface area contributed by atoms with Crippen LogP contribution in [0.15, 0.2) is 29.2 Å². The molecular weight excluding hydrogens is 359 g/mol. The van der Waals surface area contributed by atoms with Crippen molar-refractivity contribution in [2.75, 3.05) is 13.1 Å².